The average molecular weight is 496 g/mol. The van der Waals surface area contributed by atoms with Gasteiger partial charge in [0.1, 0.15) is 5.82 Å². The minimum absolute atomic E-state index is 0.0180. The van der Waals surface area contributed by atoms with Crippen molar-refractivity contribution in [3.05, 3.63) is 71.0 Å². The van der Waals surface area contributed by atoms with Crippen LogP contribution in [0.5, 0.6) is 0 Å². The Kier molecular flexibility index (Phi) is 7.21. The molecule has 2 N–H and O–H groups in total. The van der Waals surface area contributed by atoms with E-state index in [9.17, 15) is 28.8 Å². The van der Waals surface area contributed by atoms with Crippen LogP contribution >= 0.6 is 0 Å². The van der Waals surface area contributed by atoms with Gasteiger partial charge in [-0.2, -0.15) is 0 Å². The van der Waals surface area contributed by atoms with Gasteiger partial charge in [-0.15, -0.1) is 0 Å². The zero-order valence-corrected chi connectivity index (χ0v) is 20.4. The summed E-state index contributed by atoms with van der Waals surface area (Å²) in [6.45, 7) is 4.39. The topological polar surface area (TPSA) is 107 Å². The van der Waals surface area contributed by atoms with Crippen molar-refractivity contribution < 1.29 is 28.8 Å². The minimum atomic E-state index is -1.13. The smallest absolute Gasteiger partial charge is 0.261 e. The molecule has 2 atom stereocenters. The average Bonchev–Trinajstić information content (AvgIpc) is 3.28. The summed E-state index contributed by atoms with van der Waals surface area (Å²) in [4.78, 5) is 55.2. The number of rotatable bonds is 9. The lowest BCUT2D eigenvalue weighted by Gasteiger charge is -2.36. The molecule has 0 aromatic heterocycles. The highest BCUT2D eigenvalue weighted by molar-refractivity contribution is 6.21. The SMILES string of the molecule is CC(C)CC1(C(CCN2C(=O)c3ccccc3C2=O)C(=O)NO)CCN(Cc2cccc(F)c2)C1=O. The molecule has 0 bridgehead atoms. The van der Waals surface area contributed by atoms with Crippen LogP contribution in [-0.2, 0) is 16.1 Å². The molecule has 1 saturated heterocycles. The fourth-order valence-corrected chi connectivity index (χ4v) is 5.68. The number of likely N-dealkylation sites (tertiary alicyclic amines) is 1. The van der Waals surface area contributed by atoms with Crippen molar-refractivity contribution in [2.75, 3.05) is 13.1 Å². The Morgan fingerprint density at radius 2 is 1.75 bits per heavy atom. The molecule has 9 heteroatoms. The molecule has 8 nitrogen and oxygen atoms in total. The van der Waals surface area contributed by atoms with Gasteiger partial charge < -0.3 is 4.90 Å². The van der Waals surface area contributed by atoms with E-state index in [1.54, 1.807) is 46.8 Å². The predicted molar refractivity (Wildman–Crippen MR) is 128 cm³/mol. The molecule has 2 aromatic rings. The Balaban J connectivity index is 1.59. The number of hydroxylamine groups is 1. The number of hydrogen-bond donors (Lipinski definition) is 2. The summed E-state index contributed by atoms with van der Waals surface area (Å²) in [7, 11) is 0. The van der Waals surface area contributed by atoms with Gasteiger partial charge in [-0.05, 0) is 55.0 Å². The van der Waals surface area contributed by atoms with E-state index < -0.39 is 34.9 Å². The number of amides is 4. The highest BCUT2D eigenvalue weighted by Crippen LogP contribution is 2.46. The van der Waals surface area contributed by atoms with Gasteiger partial charge in [0, 0.05) is 19.6 Å². The number of halogens is 1. The lowest BCUT2D eigenvalue weighted by Crippen LogP contribution is -2.48. The third-order valence-corrected chi connectivity index (χ3v) is 7.19. The summed E-state index contributed by atoms with van der Waals surface area (Å²) in [6.07, 6.45) is 0.759. The van der Waals surface area contributed by atoms with Gasteiger partial charge in [0.05, 0.1) is 22.5 Å². The molecule has 0 radical (unpaired) electrons. The number of carbonyl (C=O) groups is 4. The van der Waals surface area contributed by atoms with E-state index in [0.29, 0.717) is 36.1 Å². The van der Waals surface area contributed by atoms with E-state index in [2.05, 4.69) is 0 Å². The molecule has 2 heterocycles. The first-order valence-electron chi connectivity index (χ1n) is 12.1. The molecule has 0 saturated carbocycles. The molecule has 4 amide bonds. The van der Waals surface area contributed by atoms with Crippen LogP contribution in [0.1, 0.15) is 59.4 Å². The van der Waals surface area contributed by atoms with Gasteiger partial charge in [0.15, 0.2) is 0 Å². The maximum Gasteiger partial charge on any atom is 0.261 e. The zero-order valence-electron chi connectivity index (χ0n) is 20.4. The minimum Gasteiger partial charge on any atom is -0.338 e. The Morgan fingerprint density at radius 1 is 1.08 bits per heavy atom. The highest BCUT2D eigenvalue weighted by Gasteiger charge is 2.54. The number of benzene rings is 2. The largest absolute Gasteiger partial charge is 0.338 e. The second-order valence-electron chi connectivity index (χ2n) is 9.99. The second kappa shape index (κ2) is 10.2. The van der Waals surface area contributed by atoms with E-state index in [1.807, 2.05) is 13.8 Å². The number of imide groups is 1. The van der Waals surface area contributed by atoms with Crippen molar-refractivity contribution >= 4 is 23.6 Å². The lowest BCUT2D eigenvalue weighted by atomic mass is 9.67. The molecule has 2 unspecified atom stereocenters. The second-order valence-corrected chi connectivity index (χ2v) is 9.99. The third kappa shape index (κ3) is 4.63. The molecule has 2 aliphatic rings. The van der Waals surface area contributed by atoms with Crippen LogP contribution in [0.15, 0.2) is 48.5 Å². The number of fused-ring (bicyclic) bond motifs is 1. The normalized spacial score (nSPS) is 20.3. The highest BCUT2D eigenvalue weighted by atomic mass is 19.1. The summed E-state index contributed by atoms with van der Waals surface area (Å²) in [5, 5.41) is 9.56. The summed E-state index contributed by atoms with van der Waals surface area (Å²) in [6, 6.07) is 12.5. The van der Waals surface area contributed by atoms with E-state index in [-0.39, 0.29) is 31.3 Å². The Hall–Kier alpha value is -3.59. The standard InChI is InChI=1S/C27H30FN3O5/c1-17(2)15-27(11-13-30(26(27)35)16-18-6-5-7-19(28)14-18)22(23(32)29-36)10-12-31-24(33)20-8-3-4-9-21(20)25(31)34/h3-9,14,17,22,36H,10-13,15-16H2,1-2H3,(H,29,32). The first kappa shape index (κ1) is 25.5. The molecule has 4 rings (SSSR count). The van der Waals surface area contributed by atoms with Crippen LogP contribution in [0, 0.1) is 23.1 Å². The van der Waals surface area contributed by atoms with Gasteiger partial charge in [-0.1, -0.05) is 38.1 Å². The van der Waals surface area contributed by atoms with Gasteiger partial charge in [-0.3, -0.25) is 29.3 Å². The maximum absolute atomic E-state index is 13.8. The Morgan fingerprint density at radius 3 is 2.33 bits per heavy atom. The van der Waals surface area contributed by atoms with Crippen LogP contribution in [0.4, 0.5) is 4.39 Å². The molecule has 2 aliphatic heterocycles. The van der Waals surface area contributed by atoms with Crippen molar-refractivity contribution in [3.8, 4) is 0 Å². The quantitative estimate of drug-likeness (QED) is 0.315. The summed E-state index contributed by atoms with van der Waals surface area (Å²) in [5.74, 6) is -3.18. The van der Waals surface area contributed by atoms with Crippen molar-refractivity contribution in [2.45, 2.75) is 39.7 Å². The lowest BCUT2D eigenvalue weighted by molar-refractivity contribution is -0.150. The van der Waals surface area contributed by atoms with E-state index in [1.165, 1.54) is 12.1 Å². The molecule has 190 valence electrons. The zero-order chi connectivity index (χ0) is 26.0. The Labute approximate surface area is 209 Å². The monoisotopic (exact) mass is 495 g/mol. The summed E-state index contributed by atoms with van der Waals surface area (Å²) < 4.78 is 13.7. The van der Waals surface area contributed by atoms with E-state index >= 15 is 0 Å². The van der Waals surface area contributed by atoms with Crippen LogP contribution in [0.3, 0.4) is 0 Å². The molecule has 0 spiro atoms. The molecular formula is C27H30FN3O5. The summed E-state index contributed by atoms with van der Waals surface area (Å²) in [5.41, 5.74) is 1.82. The molecule has 2 aromatic carbocycles. The van der Waals surface area contributed by atoms with Gasteiger partial charge in [0.2, 0.25) is 11.8 Å². The Bertz CT molecular complexity index is 1160. The summed E-state index contributed by atoms with van der Waals surface area (Å²) >= 11 is 0. The fraction of sp³-hybridized carbons (Fsp3) is 0.407. The van der Waals surface area contributed by atoms with Gasteiger partial charge in [0.25, 0.3) is 11.8 Å². The first-order chi connectivity index (χ1) is 17.2. The van der Waals surface area contributed by atoms with Gasteiger partial charge in [-0.25, -0.2) is 9.87 Å². The number of nitrogens with zero attached hydrogens (tertiary/aromatic N) is 2. The molecular weight excluding hydrogens is 465 g/mol. The molecule has 1 fully saturated rings. The van der Waals surface area contributed by atoms with E-state index in [4.69, 9.17) is 0 Å². The van der Waals surface area contributed by atoms with E-state index in [0.717, 1.165) is 4.90 Å². The van der Waals surface area contributed by atoms with Crippen LogP contribution < -0.4 is 5.48 Å². The number of nitrogens with one attached hydrogen (secondary N) is 1. The molecule has 36 heavy (non-hydrogen) atoms. The van der Waals surface area contributed by atoms with Gasteiger partial charge >= 0.3 is 0 Å². The fourth-order valence-electron chi connectivity index (χ4n) is 5.68. The van der Waals surface area contributed by atoms with Crippen molar-refractivity contribution in [2.24, 2.45) is 17.3 Å². The van der Waals surface area contributed by atoms with Crippen molar-refractivity contribution in [1.29, 1.82) is 0 Å². The number of hydrogen-bond acceptors (Lipinski definition) is 5. The maximum atomic E-state index is 13.8. The first-order valence-corrected chi connectivity index (χ1v) is 12.1. The molecule has 0 aliphatic carbocycles. The third-order valence-electron chi connectivity index (χ3n) is 7.19. The van der Waals surface area contributed by atoms with Crippen LogP contribution in [-0.4, -0.2) is 51.7 Å². The predicted octanol–water partition coefficient (Wildman–Crippen LogP) is 3.40. The van der Waals surface area contributed by atoms with Crippen molar-refractivity contribution in [1.82, 2.24) is 15.3 Å². The van der Waals surface area contributed by atoms with Crippen LogP contribution in [0.2, 0.25) is 0 Å². The van der Waals surface area contributed by atoms with Crippen LogP contribution in [0.25, 0.3) is 0 Å². The number of carbonyl (C=O) groups excluding carboxylic acids is 4. The van der Waals surface area contributed by atoms with Crippen molar-refractivity contribution in [3.63, 3.8) is 0 Å².